The summed E-state index contributed by atoms with van der Waals surface area (Å²) in [7, 11) is -1.42. The minimum Gasteiger partial charge on any atom is -0.318 e. The maximum absolute atomic E-state index is 12.6. The van der Waals surface area contributed by atoms with Gasteiger partial charge in [0.05, 0.1) is 0 Å². The molecule has 1 unspecified atom stereocenters. The zero-order valence-corrected chi connectivity index (χ0v) is 12.5. The van der Waals surface area contributed by atoms with Crippen molar-refractivity contribution in [2.75, 3.05) is 20.1 Å². The maximum Gasteiger partial charge on any atom is 0.252 e. The summed E-state index contributed by atoms with van der Waals surface area (Å²) in [6.07, 6.45) is 2.80. The molecule has 102 valence electrons. The summed E-state index contributed by atoms with van der Waals surface area (Å²) in [6, 6.07) is 3.76. The monoisotopic (exact) mass is 288 g/mol. The van der Waals surface area contributed by atoms with Crippen molar-refractivity contribution >= 4 is 21.4 Å². The van der Waals surface area contributed by atoms with E-state index >= 15 is 0 Å². The molecule has 0 saturated carbocycles. The quantitative estimate of drug-likeness (QED) is 0.897. The van der Waals surface area contributed by atoms with Gasteiger partial charge in [-0.3, -0.25) is 0 Å². The van der Waals surface area contributed by atoms with Crippen molar-refractivity contribution in [3.8, 4) is 0 Å². The van der Waals surface area contributed by atoms with E-state index in [-0.39, 0.29) is 6.04 Å². The Labute approximate surface area is 113 Å². The molecule has 1 aliphatic heterocycles. The first-order valence-corrected chi connectivity index (χ1v) is 8.60. The SMILES string of the molecule is CCc1ccc(S(=O)(=O)N2CCCC2CNC)s1. The number of aryl methyl sites for hydroxylation is 1. The summed E-state index contributed by atoms with van der Waals surface area (Å²) in [5, 5.41) is 3.08. The molecule has 4 nitrogen and oxygen atoms in total. The Bertz CT molecular complexity index is 496. The second-order valence-electron chi connectivity index (χ2n) is 4.54. The van der Waals surface area contributed by atoms with E-state index in [4.69, 9.17) is 0 Å². The van der Waals surface area contributed by atoms with Gasteiger partial charge in [-0.2, -0.15) is 4.31 Å². The largest absolute Gasteiger partial charge is 0.318 e. The lowest BCUT2D eigenvalue weighted by molar-refractivity contribution is 0.380. The molecule has 1 aliphatic rings. The number of hydrogen-bond acceptors (Lipinski definition) is 4. The smallest absolute Gasteiger partial charge is 0.252 e. The molecular weight excluding hydrogens is 268 g/mol. The van der Waals surface area contributed by atoms with Crippen LogP contribution in [0.1, 0.15) is 24.6 Å². The van der Waals surface area contributed by atoms with Gasteiger partial charge in [-0.25, -0.2) is 8.42 Å². The zero-order valence-electron chi connectivity index (χ0n) is 10.8. The van der Waals surface area contributed by atoms with Crippen LogP contribution in [0.2, 0.25) is 0 Å². The number of hydrogen-bond donors (Lipinski definition) is 1. The van der Waals surface area contributed by atoms with E-state index in [0.29, 0.717) is 10.8 Å². The van der Waals surface area contributed by atoms with Crippen molar-refractivity contribution in [2.45, 2.75) is 36.4 Å². The number of sulfonamides is 1. The average Bonchev–Trinajstić information content (AvgIpc) is 2.97. The van der Waals surface area contributed by atoms with Gasteiger partial charge >= 0.3 is 0 Å². The Morgan fingerprint density at radius 2 is 2.28 bits per heavy atom. The number of rotatable bonds is 5. The van der Waals surface area contributed by atoms with Gasteiger partial charge in [0.25, 0.3) is 10.0 Å². The van der Waals surface area contributed by atoms with Gasteiger partial charge in [-0.15, -0.1) is 11.3 Å². The third kappa shape index (κ3) is 2.61. The second-order valence-corrected chi connectivity index (χ2v) is 7.83. The first-order valence-electron chi connectivity index (χ1n) is 6.34. The lowest BCUT2D eigenvalue weighted by Gasteiger charge is -2.23. The van der Waals surface area contributed by atoms with Gasteiger partial charge in [0.2, 0.25) is 0 Å². The lowest BCUT2D eigenvalue weighted by atomic mass is 10.2. The fourth-order valence-corrected chi connectivity index (χ4v) is 5.49. The van der Waals surface area contributed by atoms with Crippen molar-refractivity contribution in [3.63, 3.8) is 0 Å². The summed E-state index contributed by atoms with van der Waals surface area (Å²) < 4.78 is 27.3. The molecule has 0 spiro atoms. The third-order valence-electron chi connectivity index (χ3n) is 3.31. The minimum absolute atomic E-state index is 0.104. The number of nitrogens with one attached hydrogen (secondary N) is 1. The van der Waals surface area contributed by atoms with Crippen LogP contribution in [0.25, 0.3) is 0 Å². The highest BCUT2D eigenvalue weighted by molar-refractivity contribution is 7.91. The van der Waals surface area contributed by atoms with Crippen LogP contribution >= 0.6 is 11.3 Å². The zero-order chi connectivity index (χ0) is 13.2. The lowest BCUT2D eigenvalue weighted by Crippen LogP contribution is -2.40. The molecule has 2 rings (SSSR count). The number of likely N-dealkylation sites (N-methyl/N-ethyl adjacent to an activating group) is 1. The third-order valence-corrected chi connectivity index (χ3v) is 6.96. The van der Waals surface area contributed by atoms with Crippen LogP contribution in [-0.2, 0) is 16.4 Å². The van der Waals surface area contributed by atoms with E-state index in [1.54, 1.807) is 10.4 Å². The molecule has 2 heterocycles. The van der Waals surface area contributed by atoms with Crippen LogP contribution in [0.5, 0.6) is 0 Å². The normalized spacial score (nSPS) is 21.6. The Morgan fingerprint density at radius 1 is 1.50 bits per heavy atom. The van der Waals surface area contributed by atoms with Crippen molar-refractivity contribution in [2.24, 2.45) is 0 Å². The summed E-state index contributed by atoms with van der Waals surface area (Å²) in [4.78, 5) is 1.12. The van der Waals surface area contributed by atoms with Crippen LogP contribution in [0, 0.1) is 0 Å². The average molecular weight is 288 g/mol. The van der Waals surface area contributed by atoms with Gasteiger partial charge in [0.15, 0.2) is 0 Å². The molecule has 0 aromatic carbocycles. The second kappa shape index (κ2) is 5.69. The molecule has 1 N–H and O–H groups in total. The molecule has 18 heavy (non-hydrogen) atoms. The van der Waals surface area contributed by atoms with Crippen LogP contribution in [0.3, 0.4) is 0 Å². The van der Waals surface area contributed by atoms with Gasteiger partial charge < -0.3 is 5.32 Å². The molecule has 0 aliphatic carbocycles. The van der Waals surface area contributed by atoms with Gasteiger partial charge in [-0.1, -0.05) is 6.92 Å². The van der Waals surface area contributed by atoms with E-state index in [9.17, 15) is 8.42 Å². The van der Waals surface area contributed by atoms with E-state index in [0.717, 1.165) is 30.7 Å². The van der Waals surface area contributed by atoms with Crippen LogP contribution in [0.4, 0.5) is 0 Å². The van der Waals surface area contributed by atoms with Gasteiger partial charge in [0, 0.05) is 24.0 Å². The first-order chi connectivity index (χ1) is 8.59. The fraction of sp³-hybridized carbons (Fsp3) is 0.667. The minimum atomic E-state index is -3.29. The molecule has 1 aromatic heterocycles. The first kappa shape index (κ1) is 14.0. The molecule has 0 radical (unpaired) electrons. The Kier molecular flexibility index (Phi) is 4.42. The number of nitrogens with zero attached hydrogens (tertiary/aromatic N) is 1. The number of thiophene rings is 1. The topological polar surface area (TPSA) is 49.4 Å². The van der Waals surface area contributed by atoms with E-state index in [1.165, 1.54) is 11.3 Å². The van der Waals surface area contributed by atoms with E-state index < -0.39 is 10.0 Å². The van der Waals surface area contributed by atoms with Crippen molar-refractivity contribution in [3.05, 3.63) is 17.0 Å². The van der Waals surface area contributed by atoms with Crippen molar-refractivity contribution in [1.82, 2.24) is 9.62 Å². The molecule has 1 fully saturated rings. The van der Waals surface area contributed by atoms with E-state index in [1.807, 2.05) is 20.0 Å². The molecule has 1 aromatic rings. The molecule has 1 atom stereocenters. The molecule has 6 heteroatoms. The van der Waals surface area contributed by atoms with Crippen LogP contribution in [0.15, 0.2) is 16.3 Å². The van der Waals surface area contributed by atoms with Gasteiger partial charge in [0.1, 0.15) is 4.21 Å². The molecule has 0 bridgehead atoms. The molecule has 1 saturated heterocycles. The molecular formula is C12H20N2O2S2. The van der Waals surface area contributed by atoms with Gasteiger partial charge in [-0.05, 0) is 38.4 Å². The Balaban J connectivity index is 2.24. The van der Waals surface area contributed by atoms with Crippen molar-refractivity contribution < 1.29 is 8.42 Å². The Hall–Kier alpha value is -0.430. The fourth-order valence-electron chi connectivity index (χ4n) is 2.37. The summed E-state index contributed by atoms with van der Waals surface area (Å²) in [6.45, 7) is 3.42. The highest BCUT2D eigenvalue weighted by atomic mass is 32.2. The summed E-state index contributed by atoms with van der Waals surface area (Å²) in [5.74, 6) is 0. The summed E-state index contributed by atoms with van der Waals surface area (Å²) in [5.41, 5.74) is 0. The standard InChI is InChI=1S/C12H20N2O2S2/c1-3-11-6-7-12(17-11)18(15,16)14-8-4-5-10(14)9-13-2/h6-7,10,13H,3-5,8-9H2,1-2H3. The molecule has 0 amide bonds. The highest BCUT2D eigenvalue weighted by Crippen LogP contribution is 2.30. The van der Waals surface area contributed by atoms with Crippen molar-refractivity contribution in [1.29, 1.82) is 0 Å². The van der Waals surface area contributed by atoms with Crippen LogP contribution < -0.4 is 5.32 Å². The predicted molar refractivity (Wildman–Crippen MR) is 74.5 cm³/mol. The predicted octanol–water partition coefficient (Wildman–Crippen LogP) is 1.68. The summed E-state index contributed by atoms with van der Waals surface area (Å²) >= 11 is 1.40. The van der Waals surface area contributed by atoms with Crippen LogP contribution in [-0.4, -0.2) is 38.9 Å². The Morgan fingerprint density at radius 3 is 2.89 bits per heavy atom. The highest BCUT2D eigenvalue weighted by Gasteiger charge is 2.35. The van der Waals surface area contributed by atoms with E-state index in [2.05, 4.69) is 5.32 Å². The maximum atomic E-state index is 12.6.